The number of aromatic nitrogens is 3. The van der Waals surface area contributed by atoms with Crippen LogP contribution in [0.1, 0.15) is 48.1 Å². The van der Waals surface area contributed by atoms with Gasteiger partial charge in [-0.3, -0.25) is 9.48 Å². The Labute approximate surface area is 205 Å². The molecule has 0 bridgehead atoms. The third kappa shape index (κ3) is 5.50. The maximum Gasteiger partial charge on any atom is 0.257 e. The summed E-state index contributed by atoms with van der Waals surface area (Å²) in [6.07, 6.45) is 6.87. The first-order valence-electron chi connectivity index (χ1n) is 12.1. The van der Waals surface area contributed by atoms with Crippen molar-refractivity contribution in [3.05, 3.63) is 59.9 Å². The predicted octanol–water partition coefficient (Wildman–Crippen LogP) is 3.33. The number of nitrogens with two attached hydrogens (primary N) is 1. The van der Waals surface area contributed by atoms with E-state index >= 15 is 0 Å². The van der Waals surface area contributed by atoms with Crippen molar-refractivity contribution in [2.24, 2.45) is 13.0 Å². The van der Waals surface area contributed by atoms with Crippen LogP contribution in [0.15, 0.2) is 48.8 Å². The molecule has 1 aliphatic heterocycles. The summed E-state index contributed by atoms with van der Waals surface area (Å²) in [4.78, 5) is 19.2. The van der Waals surface area contributed by atoms with E-state index in [0.717, 1.165) is 43.1 Å². The van der Waals surface area contributed by atoms with Crippen molar-refractivity contribution in [1.82, 2.24) is 20.1 Å². The standard InChI is InChI=1S/C26H32N6O3/c1-17(30-26(33)23-14-29-31(2)25(23)27)19-5-7-21(8-6-19)35-22-10-12-32(15-22)20-9-11-28-24(13-20)34-16-18-3-4-18/h5-9,11,13-14,17-18,22H,3-4,10,12,15-16,27H2,1-2H3,(H,30,33)/t17-,22?/m0/s1. The number of nitrogens with zero attached hydrogens (tertiary/aromatic N) is 4. The van der Waals surface area contributed by atoms with E-state index < -0.39 is 0 Å². The third-order valence-electron chi connectivity index (χ3n) is 6.65. The molecule has 1 aliphatic carbocycles. The Morgan fingerprint density at radius 2 is 2.03 bits per heavy atom. The lowest BCUT2D eigenvalue weighted by Crippen LogP contribution is -2.27. The minimum atomic E-state index is -0.244. The molecule has 1 saturated heterocycles. The summed E-state index contributed by atoms with van der Waals surface area (Å²) < 4.78 is 13.6. The number of benzene rings is 1. The minimum absolute atomic E-state index is 0.107. The van der Waals surface area contributed by atoms with E-state index in [-0.39, 0.29) is 18.1 Å². The van der Waals surface area contributed by atoms with E-state index in [1.165, 1.54) is 23.7 Å². The molecule has 9 nitrogen and oxygen atoms in total. The molecule has 35 heavy (non-hydrogen) atoms. The maximum atomic E-state index is 12.5. The Balaban J connectivity index is 1.13. The largest absolute Gasteiger partial charge is 0.489 e. The lowest BCUT2D eigenvalue weighted by Gasteiger charge is -2.20. The quantitative estimate of drug-likeness (QED) is 0.488. The van der Waals surface area contributed by atoms with Crippen molar-refractivity contribution in [2.75, 3.05) is 30.3 Å². The van der Waals surface area contributed by atoms with Crippen LogP contribution in [-0.4, -0.2) is 46.5 Å². The number of aryl methyl sites for hydroxylation is 1. The van der Waals surface area contributed by atoms with E-state index in [4.69, 9.17) is 15.2 Å². The molecule has 9 heteroatoms. The molecule has 3 N–H and O–H groups in total. The topological polar surface area (TPSA) is 108 Å². The van der Waals surface area contributed by atoms with Crippen molar-refractivity contribution < 1.29 is 14.3 Å². The molecular formula is C26H32N6O3. The zero-order valence-corrected chi connectivity index (χ0v) is 20.2. The first-order chi connectivity index (χ1) is 17.0. The number of ether oxygens (including phenoxy) is 2. The van der Waals surface area contributed by atoms with Crippen LogP contribution in [0.5, 0.6) is 11.6 Å². The fourth-order valence-electron chi connectivity index (χ4n) is 4.23. The molecule has 1 unspecified atom stereocenters. The molecule has 0 spiro atoms. The molecule has 2 atom stereocenters. The highest BCUT2D eigenvalue weighted by molar-refractivity contribution is 5.98. The molecule has 1 saturated carbocycles. The van der Waals surface area contributed by atoms with Gasteiger partial charge in [-0.25, -0.2) is 4.98 Å². The summed E-state index contributed by atoms with van der Waals surface area (Å²) >= 11 is 0. The number of nitrogen functional groups attached to an aromatic ring is 1. The average Bonchev–Trinajstić information content (AvgIpc) is 3.48. The smallest absolute Gasteiger partial charge is 0.257 e. The second-order valence-electron chi connectivity index (χ2n) is 9.41. The first kappa shape index (κ1) is 23.0. The summed E-state index contributed by atoms with van der Waals surface area (Å²) in [5.41, 5.74) is 8.38. The van der Waals surface area contributed by atoms with Crippen molar-refractivity contribution >= 4 is 17.4 Å². The van der Waals surface area contributed by atoms with E-state index in [9.17, 15) is 4.79 Å². The zero-order chi connectivity index (χ0) is 24.4. The first-order valence-corrected chi connectivity index (χ1v) is 12.1. The van der Waals surface area contributed by atoms with Crippen LogP contribution in [0.2, 0.25) is 0 Å². The fraction of sp³-hybridized carbons (Fsp3) is 0.423. The van der Waals surface area contributed by atoms with Gasteiger partial charge in [-0.1, -0.05) is 12.1 Å². The molecule has 2 aliphatic rings. The van der Waals surface area contributed by atoms with Crippen molar-refractivity contribution in [1.29, 1.82) is 0 Å². The van der Waals surface area contributed by atoms with Gasteiger partial charge in [0, 0.05) is 38.0 Å². The predicted molar refractivity (Wildman–Crippen MR) is 134 cm³/mol. The monoisotopic (exact) mass is 476 g/mol. The number of carbonyl (C=O) groups is 1. The third-order valence-corrected chi connectivity index (χ3v) is 6.65. The highest BCUT2D eigenvalue weighted by Crippen LogP contribution is 2.30. The molecule has 5 rings (SSSR count). The van der Waals surface area contributed by atoms with Crippen LogP contribution in [0.4, 0.5) is 11.5 Å². The van der Waals surface area contributed by atoms with Crippen LogP contribution < -0.4 is 25.4 Å². The van der Waals surface area contributed by atoms with Crippen LogP contribution >= 0.6 is 0 Å². The van der Waals surface area contributed by atoms with Gasteiger partial charge in [0.25, 0.3) is 5.91 Å². The van der Waals surface area contributed by atoms with Gasteiger partial charge in [0.05, 0.1) is 25.4 Å². The molecule has 3 aromatic rings. The Bertz CT molecular complexity index is 1170. The van der Waals surface area contributed by atoms with E-state index in [0.29, 0.717) is 23.2 Å². The fourth-order valence-corrected chi connectivity index (χ4v) is 4.23. The van der Waals surface area contributed by atoms with Gasteiger partial charge in [0.2, 0.25) is 5.88 Å². The number of amides is 1. The normalized spacial score (nSPS) is 18.3. The zero-order valence-electron chi connectivity index (χ0n) is 20.2. The Morgan fingerprint density at radius 1 is 1.23 bits per heavy atom. The molecule has 0 radical (unpaired) electrons. The molecule has 1 amide bonds. The van der Waals surface area contributed by atoms with E-state index in [1.807, 2.05) is 49.5 Å². The lowest BCUT2D eigenvalue weighted by molar-refractivity contribution is 0.0940. The molecule has 1 aromatic carbocycles. The minimum Gasteiger partial charge on any atom is -0.489 e. The number of nitrogens with one attached hydrogen (secondary N) is 1. The van der Waals surface area contributed by atoms with E-state index in [1.54, 1.807) is 7.05 Å². The van der Waals surface area contributed by atoms with Gasteiger partial charge in [0.1, 0.15) is 23.2 Å². The van der Waals surface area contributed by atoms with Gasteiger partial charge in [0.15, 0.2) is 0 Å². The highest BCUT2D eigenvalue weighted by Gasteiger charge is 2.26. The summed E-state index contributed by atoms with van der Waals surface area (Å²) in [7, 11) is 1.70. The number of hydrogen-bond acceptors (Lipinski definition) is 7. The Morgan fingerprint density at radius 3 is 2.74 bits per heavy atom. The molecule has 184 valence electrons. The van der Waals surface area contributed by atoms with Gasteiger partial charge in [-0.05, 0) is 49.4 Å². The van der Waals surface area contributed by atoms with Crippen molar-refractivity contribution in [3.8, 4) is 11.6 Å². The van der Waals surface area contributed by atoms with Crippen molar-refractivity contribution in [3.63, 3.8) is 0 Å². The van der Waals surface area contributed by atoms with Crippen molar-refractivity contribution in [2.45, 2.75) is 38.3 Å². The molecular weight excluding hydrogens is 444 g/mol. The summed E-state index contributed by atoms with van der Waals surface area (Å²) in [5.74, 6) is 2.32. The molecule has 3 heterocycles. The Kier molecular flexibility index (Phi) is 6.48. The van der Waals surface area contributed by atoms with Crippen LogP contribution in [0.25, 0.3) is 0 Å². The second kappa shape index (κ2) is 9.85. The van der Waals surface area contributed by atoms with Gasteiger partial charge >= 0.3 is 0 Å². The Hall–Kier alpha value is -3.75. The van der Waals surface area contributed by atoms with Crippen LogP contribution in [0, 0.1) is 5.92 Å². The van der Waals surface area contributed by atoms with Gasteiger partial charge < -0.3 is 25.4 Å². The van der Waals surface area contributed by atoms with Gasteiger partial charge in [-0.2, -0.15) is 5.10 Å². The molecule has 2 fully saturated rings. The maximum absolute atomic E-state index is 12.5. The molecule has 2 aromatic heterocycles. The lowest BCUT2D eigenvalue weighted by atomic mass is 10.1. The van der Waals surface area contributed by atoms with Gasteiger partial charge in [-0.15, -0.1) is 0 Å². The van der Waals surface area contributed by atoms with Crippen LogP contribution in [-0.2, 0) is 7.05 Å². The number of rotatable bonds is 9. The second-order valence-corrected chi connectivity index (χ2v) is 9.41. The number of carbonyl (C=O) groups excluding carboxylic acids is 1. The summed E-state index contributed by atoms with van der Waals surface area (Å²) in [6, 6.07) is 11.7. The van der Waals surface area contributed by atoms with E-state index in [2.05, 4.69) is 20.3 Å². The SMILES string of the molecule is C[C@H](NC(=O)c1cnn(C)c1N)c1ccc(OC2CCN(c3ccnc(OCC4CC4)c3)C2)cc1. The summed E-state index contributed by atoms with van der Waals surface area (Å²) in [5, 5.41) is 7.00. The number of hydrogen-bond donors (Lipinski definition) is 2. The number of anilines is 2. The van der Waals surface area contributed by atoms with Crippen LogP contribution in [0.3, 0.4) is 0 Å². The highest BCUT2D eigenvalue weighted by atomic mass is 16.5. The summed E-state index contributed by atoms with van der Waals surface area (Å²) in [6.45, 7) is 4.44. The number of pyridine rings is 1. The average molecular weight is 477 g/mol.